The van der Waals surface area contributed by atoms with Crippen LogP contribution in [-0.2, 0) is 5.41 Å². The second kappa shape index (κ2) is 6.76. The molecule has 0 fully saturated rings. The Morgan fingerprint density at radius 2 is 1.82 bits per heavy atom. The molecule has 1 aliphatic carbocycles. The van der Waals surface area contributed by atoms with Crippen LogP contribution in [0, 0.1) is 0 Å². The van der Waals surface area contributed by atoms with Gasteiger partial charge >= 0.3 is 0 Å². The van der Waals surface area contributed by atoms with Crippen molar-refractivity contribution < 1.29 is 10.2 Å². The Hall–Kier alpha value is -1.44. The predicted octanol–water partition coefficient (Wildman–Crippen LogP) is 5.78. The molecule has 2 heteroatoms. The summed E-state index contributed by atoms with van der Waals surface area (Å²) in [7, 11) is 0. The van der Waals surface area contributed by atoms with Crippen molar-refractivity contribution in [3.63, 3.8) is 0 Å². The number of unbranched alkanes of at least 4 members (excludes halogenated alkanes) is 1. The molecule has 1 atom stereocenters. The molecular formula is C20H30O2. The Kier molecular flexibility index (Phi) is 5.20. The third-order valence-electron chi connectivity index (χ3n) is 5.02. The van der Waals surface area contributed by atoms with Crippen LogP contribution in [0.3, 0.4) is 0 Å². The van der Waals surface area contributed by atoms with Gasteiger partial charge in [0, 0.05) is 11.5 Å². The number of rotatable bonds is 5. The maximum Gasteiger partial charge on any atom is 0.123 e. The zero-order chi connectivity index (χ0) is 16.3. The molecule has 22 heavy (non-hydrogen) atoms. The topological polar surface area (TPSA) is 40.5 Å². The van der Waals surface area contributed by atoms with Crippen molar-refractivity contribution in [2.24, 2.45) is 0 Å². The van der Waals surface area contributed by atoms with Crippen LogP contribution in [0.2, 0.25) is 0 Å². The number of phenols is 2. The van der Waals surface area contributed by atoms with E-state index in [4.69, 9.17) is 0 Å². The largest absolute Gasteiger partial charge is 0.507 e. The Morgan fingerprint density at radius 1 is 1.18 bits per heavy atom. The molecule has 1 unspecified atom stereocenters. The highest BCUT2D eigenvalue weighted by atomic mass is 16.3. The van der Waals surface area contributed by atoms with Crippen molar-refractivity contribution in [1.82, 2.24) is 0 Å². The van der Waals surface area contributed by atoms with Gasteiger partial charge in [-0.3, -0.25) is 0 Å². The van der Waals surface area contributed by atoms with E-state index in [2.05, 4.69) is 33.8 Å². The van der Waals surface area contributed by atoms with E-state index in [-0.39, 0.29) is 22.8 Å². The van der Waals surface area contributed by atoms with Gasteiger partial charge in [0.15, 0.2) is 0 Å². The minimum atomic E-state index is -0.0260. The first-order valence-corrected chi connectivity index (χ1v) is 8.59. The summed E-state index contributed by atoms with van der Waals surface area (Å²) in [5, 5.41) is 21.0. The molecule has 1 aliphatic rings. The fraction of sp³-hybridized carbons (Fsp3) is 0.600. The number of aromatic hydroxyl groups is 2. The van der Waals surface area contributed by atoms with Gasteiger partial charge in [0.2, 0.25) is 0 Å². The second-order valence-electron chi connectivity index (χ2n) is 7.43. The van der Waals surface area contributed by atoms with Crippen LogP contribution in [-0.4, -0.2) is 10.2 Å². The molecule has 2 N–H and O–H groups in total. The van der Waals surface area contributed by atoms with E-state index >= 15 is 0 Å². The summed E-state index contributed by atoms with van der Waals surface area (Å²) in [6.45, 7) is 8.68. The first-order valence-electron chi connectivity index (χ1n) is 8.59. The Balaban J connectivity index is 2.35. The summed E-state index contributed by atoms with van der Waals surface area (Å²) in [4.78, 5) is 0. The average Bonchev–Trinajstić information content (AvgIpc) is 2.44. The van der Waals surface area contributed by atoms with Crippen molar-refractivity contribution in [2.45, 2.75) is 77.6 Å². The van der Waals surface area contributed by atoms with Crippen LogP contribution in [0.15, 0.2) is 23.8 Å². The van der Waals surface area contributed by atoms with E-state index in [0.717, 1.165) is 44.1 Å². The maximum atomic E-state index is 10.5. The fourth-order valence-electron chi connectivity index (χ4n) is 3.50. The Bertz CT molecular complexity index is 532. The highest BCUT2D eigenvalue weighted by molar-refractivity contribution is 5.52. The number of phenolic OH excluding ortho intramolecular Hbond substituents is 2. The molecule has 2 nitrogen and oxygen atoms in total. The van der Waals surface area contributed by atoms with E-state index < -0.39 is 0 Å². The van der Waals surface area contributed by atoms with Crippen LogP contribution in [0.25, 0.3) is 0 Å². The smallest absolute Gasteiger partial charge is 0.123 e. The third kappa shape index (κ3) is 3.66. The van der Waals surface area contributed by atoms with E-state index in [0.29, 0.717) is 5.56 Å². The number of hydrogen-bond donors (Lipinski definition) is 2. The fourth-order valence-corrected chi connectivity index (χ4v) is 3.50. The molecule has 0 aliphatic heterocycles. The molecule has 1 aromatic rings. The zero-order valence-corrected chi connectivity index (χ0v) is 14.4. The molecule has 1 aromatic carbocycles. The molecule has 0 aromatic heterocycles. The normalized spacial score (nSPS) is 19.1. The van der Waals surface area contributed by atoms with Crippen LogP contribution >= 0.6 is 0 Å². The lowest BCUT2D eigenvalue weighted by Gasteiger charge is -2.28. The van der Waals surface area contributed by atoms with Crippen molar-refractivity contribution in [1.29, 1.82) is 0 Å². The van der Waals surface area contributed by atoms with Crippen LogP contribution in [0.1, 0.15) is 83.3 Å². The van der Waals surface area contributed by atoms with E-state index in [1.54, 1.807) is 0 Å². The second-order valence-corrected chi connectivity index (χ2v) is 7.43. The maximum absolute atomic E-state index is 10.5. The average molecular weight is 302 g/mol. The monoisotopic (exact) mass is 302 g/mol. The highest BCUT2D eigenvalue weighted by Crippen LogP contribution is 2.43. The Labute approximate surface area is 134 Å². The number of benzene rings is 1. The lowest BCUT2D eigenvalue weighted by molar-refractivity contribution is 0.414. The SMILES string of the molecule is CCCCC(C)(C)c1cc(O)c(C2C=C(C)CCC2)c(O)c1. The Morgan fingerprint density at radius 3 is 2.36 bits per heavy atom. The summed E-state index contributed by atoms with van der Waals surface area (Å²) < 4.78 is 0. The standard InChI is InChI=1S/C20H30O2/c1-5-6-10-20(3,4)16-12-17(21)19(18(22)13-16)15-9-7-8-14(2)11-15/h11-13,15,21-22H,5-10H2,1-4H3. The lowest BCUT2D eigenvalue weighted by atomic mass is 9.78. The number of hydrogen-bond acceptors (Lipinski definition) is 2. The van der Waals surface area contributed by atoms with Crippen LogP contribution in [0.5, 0.6) is 11.5 Å². The summed E-state index contributed by atoms with van der Waals surface area (Å²) in [5.41, 5.74) is 3.05. The van der Waals surface area contributed by atoms with E-state index in [1.165, 1.54) is 5.57 Å². The number of allylic oxidation sites excluding steroid dienone is 2. The van der Waals surface area contributed by atoms with Crippen molar-refractivity contribution in [2.75, 3.05) is 0 Å². The van der Waals surface area contributed by atoms with Crippen molar-refractivity contribution in [3.05, 3.63) is 34.9 Å². The van der Waals surface area contributed by atoms with Gasteiger partial charge in [-0.1, -0.05) is 45.3 Å². The van der Waals surface area contributed by atoms with Gasteiger partial charge in [-0.25, -0.2) is 0 Å². The van der Waals surface area contributed by atoms with Crippen molar-refractivity contribution in [3.8, 4) is 11.5 Å². The summed E-state index contributed by atoms with van der Waals surface area (Å²) >= 11 is 0. The van der Waals surface area contributed by atoms with Crippen LogP contribution < -0.4 is 0 Å². The molecule has 0 radical (unpaired) electrons. The minimum Gasteiger partial charge on any atom is -0.507 e. The third-order valence-corrected chi connectivity index (χ3v) is 5.02. The van der Waals surface area contributed by atoms with Gasteiger partial charge in [0.25, 0.3) is 0 Å². The molecule has 0 heterocycles. The van der Waals surface area contributed by atoms with Gasteiger partial charge in [0.05, 0.1) is 0 Å². The minimum absolute atomic E-state index is 0.0260. The zero-order valence-electron chi connectivity index (χ0n) is 14.4. The molecule has 0 bridgehead atoms. The molecule has 0 amide bonds. The predicted molar refractivity (Wildman–Crippen MR) is 92.7 cm³/mol. The summed E-state index contributed by atoms with van der Waals surface area (Å²) in [6.07, 6.45) is 8.81. The molecular weight excluding hydrogens is 272 g/mol. The summed E-state index contributed by atoms with van der Waals surface area (Å²) in [5.74, 6) is 0.632. The summed E-state index contributed by atoms with van der Waals surface area (Å²) in [6, 6.07) is 3.73. The molecule has 0 saturated carbocycles. The molecule has 0 spiro atoms. The van der Waals surface area contributed by atoms with Gasteiger partial charge in [-0.2, -0.15) is 0 Å². The quantitative estimate of drug-likeness (QED) is 0.677. The molecule has 122 valence electrons. The molecule has 2 rings (SSSR count). The van der Waals surface area contributed by atoms with E-state index in [1.807, 2.05) is 12.1 Å². The first-order chi connectivity index (χ1) is 10.3. The highest BCUT2D eigenvalue weighted by Gasteiger charge is 2.26. The van der Waals surface area contributed by atoms with Gasteiger partial charge in [0.1, 0.15) is 11.5 Å². The van der Waals surface area contributed by atoms with Gasteiger partial charge < -0.3 is 10.2 Å². The molecule has 0 saturated heterocycles. The van der Waals surface area contributed by atoms with Crippen LogP contribution in [0.4, 0.5) is 0 Å². The van der Waals surface area contributed by atoms with Gasteiger partial charge in [-0.05, 0) is 55.7 Å². The van der Waals surface area contributed by atoms with Gasteiger partial charge in [-0.15, -0.1) is 0 Å². The first kappa shape index (κ1) is 16.9. The lowest BCUT2D eigenvalue weighted by Crippen LogP contribution is -2.17. The van der Waals surface area contributed by atoms with Crippen molar-refractivity contribution >= 4 is 0 Å². The van der Waals surface area contributed by atoms with E-state index in [9.17, 15) is 10.2 Å².